The van der Waals surface area contributed by atoms with Gasteiger partial charge < -0.3 is 30.6 Å². The minimum Gasteiger partial charge on any atom is -0.478 e. The van der Waals surface area contributed by atoms with E-state index in [2.05, 4.69) is 31.4 Å². The summed E-state index contributed by atoms with van der Waals surface area (Å²) in [5.41, 5.74) is 4.86. The molecular formula is C14H14BrN5O6S2. The SMILES string of the molecule is CON=C(C(=O)NC1C(=O)N2C=C(C(=O)O)C(OC)S[C@H]12)c1nc(N)sc1Br. The Morgan fingerprint density at radius 1 is 1.46 bits per heavy atom. The highest BCUT2D eigenvalue weighted by Crippen LogP contribution is 2.40. The number of nitrogen functional groups attached to an aromatic ring is 1. The zero-order valence-electron chi connectivity index (χ0n) is 14.4. The molecule has 0 saturated carbocycles. The molecule has 28 heavy (non-hydrogen) atoms. The van der Waals surface area contributed by atoms with Gasteiger partial charge in [-0.1, -0.05) is 28.3 Å². The van der Waals surface area contributed by atoms with Crippen molar-refractivity contribution in [1.29, 1.82) is 0 Å². The molecule has 14 heteroatoms. The third-order valence-electron chi connectivity index (χ3n) is 3.85. The van der Waals surface area contributed by atoms with Gasteiger partial charge in [-0.05, 0) is 15.9 Å². The molecule has 3 heterocycles. The van der Waals surface area contributed by atoms with Gasteiger partial charge in [0, 0.05) is 13.3 Å². The van der Waals surface area contributed by atoms with Crippen molar-refractivity contribution in [3.8, 4) is 0 Å². The summed E-state index contributed by atoms with van der Waals surface area (Å²) in [6, 6.07) is -0.890. The summed E-state index contributed by atoms with van der Waals surface area (Å²) in [5, 5.41) is 15.2. The van der Waals surface area contributed by atoms with Crippen LogP contribution in [0, 0.1) is 0 Å². The minimum atomic E-state index is -1.18. The second-order valence-corrected chi connectivity index (χ2v) is 9.01. The van der Waals surface area contributed by atoms with E-state index in [1.807, 2.05) is 0 Å². The molecule has 0 spiro atoms. The summed E-state index contributed by atoms with van der Waals surface area (Å²) in [5.74, 6) is -2.32. The molecule has 2 aliphatic heterocycles. The number of carbonyl (C=O) groups is 3. The van der Waals surface area contributed by atoms with Crippen molar-refractivity contribution in [2.75, 3.05) is 20.0 Å². The molecule has 150 valence electrons. The maximum absolute atomic E-state index is 12.7. The molecule has 0 aliphatic carbocycles. The number of hydrogen-bond acceptors (Lipinski definition) is 10. The van der Waals surface area contributed by atoms with Crippen LogP contribution in [0.1, 0.15) is 5.69 Å². The first-order valence-corrected chi connectivity index (χ1v) is 10.1. The van der Waals surface area contributed by atoms with Crippen molar-refractivity contribution in [3.05, 3.63) is 21.3 Å². The lowest BCUT2D eigenvalue weighted by molar-refractivity contribution is -0.144. The van der Waals surface area contributed by atoms with Gasteiger partial charge in [0.25, 0.3) is 11.8 Å². The number of thioether (sulfide) groups is 1. The Bertz CT molecular complexity index is 903. The topological polar surface area (TPSA) is 156 Å². The maximum atomic E-state index is 12.7. The molecule has 2 aliphatic rings. The van der Waals surface area contributed by atoms with Crippen LogP contribution in [0.25, 0.3) is 0 Å². The number of anilines is 1. The maximum Gasteiger partial charge on any atom is 0.336 e. The molecule has 2 unspecified atom stereocenters. The third kappa shape index (κ3) is 3.59. The first-order chi connectivity index (χ1) is 13.3. The number of carboxylic acids is 1. The largest absolute Gasteiger partial charge is 0.478 e. The van der Waals surface area contributed by atoms with Gasteiger partial charge in [0.15, 0.2) is 10.8 Å². The van der Waals surface area contributed by atoms with Crippen LogP contribution in [0.2, 0.25) is 0 Å². The number of nitrogens with two attached hydrogens (primary N) is 1. The van der Waals surface area contributed by atoms with Gasteiger partial charge in [-0.15, -0.1) is 0 Å². The molecule has 0 aromatic carbocycles. The molecule has 4 N–H and O–H groups in total. The van der Waals surface area contributed by atoms with Crippen molar-refractivity contribution >= 4 is 67.7 Å². The molecule has 1 aromatic rings. The molecule has 3 rings (SSSR count). The Morgan fingerprint density at radius 2 is 2.18 bits per heavy atom. The number of hydrogen-bond donors (Lipinski definition) is 3. The van der Waals surface area contributed by atoms with E-state index in [9.17, 15) is 19.5 Å². The normalized spacial score (nSPS) is 24.2. The van der Waals surface area contributed by atoms with E-state index in [-0.39, 0.29) is 22.1 Å². The fourth-order valence-corrected chi connectivity index (χ4v) is 5.25. The van der Waals surface area contributed by atoms with Gasteiger partial charge in [-0.2, -0.15) is 0 Å². The summed E-state index contributed by atoms with van der Waals surface area (Å²) >= 11 is 5.48. The second-order valence-electron chi connectivity index (χ2n) is 5.48. The number of nitrogens with one attached hydrogen (secondary N) is 1. The van der Waals surface area contributed by atoms with Crippen LogP contribution in [0.3, 0.4) is 0 Å². The van der Waals surface area contributed by atoms with Crippen LogP contribution >= 0.6 is 39.0 Å². The van der Waals surface area contributed by atoms with Gasteiger partial charge in [-0.3, -0.25) is 9.59 Å². The summed E-state index contributed by atoms with van der Waals surface area (Å²) < 4.78 is 5.66. The number of fused-ring (bicyclic) bond motifs is 1. The van der Waals surface area contributed by atoms with E-state index in [1.54, 1.807) is 0 Å². The number of methoxy groups -OCH3 is 1. The van der Waals surface area contributed by atoms with E-state index in [1.165, 1.54) is 25.3 Å². The van der Waals surface area contributed by atoms with Crippen molar-refractivity contribution in [2.45, 2.75) is 16.9 Å². The van der Waals surface area contributed by atoms with Crippen molar-refractivity contribution in [2.24, 2.45) is 5.16 Å². The molecule has 11 nitrogen and oxygen atoms in total. The molecule has 0 radical (unpaired) electrons. The highest BCUT2D eigenvalue weighted by molar-refractivity contribution is 9.11. The lowest BCUT2D eigenvalue weighted by Crippen LogP contribution is -2.69. The average molecular weight is 492 g/mol. The summed E-state index contributed by atoms with van der Waals surface area (Å²) in [6.45, 7) is 0. The molecule has 1 saturated heterocycles. The van der Waals surface area contributed by atoms with Gasteiger partial charge in [-0.25, -0.2) is 9.78 Å². The van der Waals surface area contributed by atoms with Gasteiger partial charge >= 0.3 is 5.97 Å². The number of β-lactam (4-membered cyclic amide) rings is 1. The Labute approximate surface area is 175 Å². The minimum absolute atomic E-state index is 0.0506. The Kier molecular flexibility index (Phi) is 5.92. The van der Waals surface area contributed by atoms with E-state index in [4.69, 9.17) is 15.3 Å². The number of aliphatic carboxylic acids is 1. The van der Waals surface area contributed by atoms with Crippen LogP contribution in [0.4, 0.5) is 5.13 Å². The van der Waals surface area contributed by atoms with E-state index in [0.717, 1.165) is 23.1 Å². The number of nitrogens with zero attached hydrogens (tertiary/aromatic N) is 3. The standard InChI is InChI=1S/C14H14BrN5O6S2/c1-25-13-4(12(23)24)3-20-10(22)7(11(20)28-13)17-9(21)6(19-26-2)5-8(15)27-14(16)18-5/h3,7,11,13H,1-2H3,(H2,16,18)(H,17,21)(H,23,24)/t7?,11-,13?/m1/s1. The summed E-state index contributed by atoms with van der Waals surface area (Å²) in [7, 11) is 2.64. The van der Waals surface area contributed by atoms with Gasteiger partial charge in [0.1, 0.15) is 33.4 Å². The van der Waals surface area contributed by atoms with Crippen LogP contribution in [0.15, 0.2) is 20.7 Å². The fraction of sp³-hybridized carbons (Fsp3) is 0.357. The predicted molar refractivity (Wildman–Crippen MR) is 104 cm³/mol. The van der Waals surface area contributed by atoms with E-state index < -0.39 is 34.6 Å². The zero-order valence-corrected chi connectivity index (χ0v) is 17.6. The highest BCUT2D eigenvalue weighted by atomic mass is 79.9. The Balaban J connectivity index is 1.80. The van der Waals surface area contributed by atoms with E-state index >= 15 is 0 Å². The highest BCUT2D eigenvalue weighted by Gasteiger charge is 2.53. The first kappa shape index (κ1) is 20.6. The number of rotatable bonds is 6. The van der Waals surface area contributed by atoms with Crippen LogP contribution in [-0.4, -0.2) is 69.6 Å². The number of aromatic nitrogens is 1. The summed E-state index contributed by atoms with van der Waals surface area (Å²) in [4.78, 5) is 46.4. The first-order valence-electron chi connectivity index (χ1n) is 7.58. The van der Waals surface area contributed by atoms with E-state index in [0.29, 0.717) is 3.79 Å². The van der Waals surface area contributed by atoms with Crippen LogP contribution < -0.4 is 11.1 Å². The quantitative estimate of drug-likeness (QED) is 0.286. The Morgan fingerprint density at radius 3 is 2.71 bits per heavy atom. The third-order valence-corrected chi connectivity index (χ3v) is 6.85. The second kappa shape index (κ2) is 8.06. The molecular weight excluding hydrogens is 478 g/mol. The van der Waals surface area contributed by atoms with Gasteiger partial charge in [0.05, 0.1) is 5.57 Å². The monoisotopic (exact) mass is 491 g/mol. The smallest absolute Gasteiger partial charge is 0.336 e. The lowest BCUT2D eigenvalue weighted by Gasteiger charge is -2.48. The van der Waals surface area contributed by atoms with Crippen molar-refractivity contribution in [3.63, 3.8) is 0 Å². The predicted octanol–water partition coefficient (Wildman–Crippen LogP) is 0.179. The number of amides is 2. The number of ether oxygens (including phenoxy) is 1. The average Bonchev–Trinajstić information content (AvgIpc) is 3.00. The van der Waals surface area contributed by atoms with Gasteiger partial charge in [0.2, 0.25) is 0 Å². The molecule has 2 amide bonds. The number of carbonyl (C=O) groups excluding carboxylic acids is 2. The van der Waals surface area contributed by atoms with Crippen LogP contribution in [0.5, 0.6) is 0 Å². The van der Waals surface area contributed by atoms with Crippen molar-refractivity contribution in [1.82, 2.24) is 15.2 Å². The molecule has 0 bridgehead atoms. The molecule has 3 atom stereocenters. The number of carboxylic acid groups (broad SMARTS) is 1. The number of halogens is 1. The molecule has 1 fully saturated rings. The summed E-state index contributed by atoms with van der Waals surface area (Å²) in [6.07, 6.45) is 1.23. The Hall–Kier alpha value is -2.16. The van der Waals surface area contributed by atoms with Crippen LogP contribution in [-0.2, 0) is 24.0 Å². The number of thiazole rings is 1. The van der Waals surface area contributed by atoms with Crippen molar-refractivity contribution < 1.29 is 29.1 Å². The lowest BCUT2D eigenvalue weighted by atomic mass is 10.1. The fourth-order valence-electron chi connectivity index (χ4n) is 2.61. The molecule has 1 aromatic heterocycles. The zero-order chi connectivity index (χ0) is 20.6. The number of oxime groups is 1.